The van der Waals surface area contributed by atoms with Crippen LogP contribution in [0.4, 0.5) is 5.69 Å². The molecule has 0 aromatic heterocycles. The first-order chi connectivity index (χ1) is 14.2. The zero-order chi connectivity index (χ0) is 20.3. The maximum absolute atomic E-state index is 11.4. The number of fused-ring (bicyclic) bond motifs is 1. The van der Waals surface area contributed by atoms with Crippen LogP contribution in [0.2, 0.25) is 0 Å². The van der Waals surface area contributed by atoms with E-state index in [1.165, 1.54) is 5.56 Å². The van der Waals surface area contributed by atoms with Crippen LogP contribution in [0.1, 0.15) is 30.9 Å². The standard InChI is InChI=1S/C23H30N4O2/c1-2-24-23(25-14-6-9-18-7-4-3-5-8-18)26-15-16-29-20-11-12-21-19(17-20)10-13-22(28)27-21/h3-5,7-8,11-12,17H,2,6,9-10,13-16H2,1H3,(H,27,28)(H2,24,25,26). The van der Waals surface area contributed by atoms with Gasteiger partial charge in [0.25, 0.3) is 0 Å². The van der Waals surface area contributed by atoms with E-state index in [1.807, 2.05) is 24.3 Å². The number of anilines is 1. The van der Waals surface area contributed by atoms with Crippen molar-refractivity contribution in [2.45, 2.75) is 32.6 Å². The molecule has 0 fully saturated rings. The van der Waals surface area contributed by atoms with Gasteiger partial charge in [0, 0.05) is 25.2 Å². The molecule has 0 aliphatic carbocycles. The van der Waals surface area contributed by atoms with Gasteiger partial charge in [0.2, 0.25) is 5.91 Å². The van der Waals surface area contributed by atoms with E-state index in [-0.39, 0.29) is 5.91 Å². The Morgan fingerprint density at radius 3 is 2.83 bits per heavy atom. The molecule has 6 heteroatoms. The van der Waals surface area contributed by atoms with Gasteiger partial charge in [-0.05, 0) is 55.5 Å². The van der Waals surface area contributed by atoms with Gasteiger partial charge in [-0.15, -0.1) is 0 Å². The Bertz CT molecular complexity index is 821. The number of hydrogen-bond acceptors (Lipinski definition) is 3. The molecule has 0 bridgehead atoms. The number of hydrogen-bond donors (Lipinski definition) is 3. The Morgan fingerprint density at radius 1 is 1.14 bits per heavy atom. The third kappa shape index (κ3) is 6.82. The van der Waals surface area contributed by atoms with Gasteiger partial charge in [-0.3, -0.25) is 9.79 Å². The number of nitrogens with one attached hydrogen (secondary N) is 3. The average Bonchev–Trinajstić information content (AvgIpc) is 2.75. The largest absolute Gasteiger partial charge is 0.492 e. The number of ether oxygens (including phenoxy) is 1. The molecule has 1 amide bonds. The van der Waals surface area contributed by atoms with E-state index >= 15 is 0 Å². The van der Waals surface area contributed by atoms with Crippen LogP contribution in [-0.4, -0.2) is 38.1 Å². The number of nitrogens with zero attached hydrogens (tertiary/aromatic N) is 1. The molecular weight excluding hydrogens is 364 g/mol. The third-order valence-electron chi connectivity index (χ3n) is 4.72. The van der Waals surface area contributed by atoms with Crippen molar-refractivity contribution in [3.63, 3.8) is 0 Å². The molecule has 0 unspecified atom stereocenters. The number of amides is 1. The summed E-state index contributed by atoms with van der Waals surface area (Å²) in [6, 6.07) is 16.3. The second kappa shape index (κ2) is 11.1. The summed E-state index contributed by atoms with van der Waals surface area (Å²) in [5.41, 5.74) is 3.37. The lowest BCUT2D eigenvalue weighted by atomic mass is 10.0. The van der Waals surface area contributed by atoms with Gasteiger partial charge < -0.3 is 20.7 Å². The fourth-order valence-corrected chi connectivity index (χ4v) is 3.25. The molecule has 3 rings (SSSR count). The second-order valence-electron chi connectivity index (χ2n) is 6.99. The van der Waals surface area contributed by atoms with Crippen molar-refractivity contribution in [3.8, 4) is 5.75 Å². The first kappa shape index (κ1) is 20.7. The summed E-state index contributed by atoms with van der Waals surface area (Å²) >= 11 is 0. The van der Waals surface area contributed by atoms with Crippen molar-refractivity contribution in [3.05, 3.63) is 59.7 Å². The number of aryl methyl sites for hydroxylation is 2. The van der Waals surface area contributed by atoms with Crippen molar-refractivity contribution in [1.29, 1.82) is 0 Å². The molecule has 0 radical (unpaired) electrons. The van der Waals surface area contributed by atoms with Crippen LogP contribution in [-0.2, 0) is 17.6 Å². The van der Waals surface area contributed by atoms with E-state index in [4.69, 9.17) is 4.74 Å². The molecule has 0 atom stereocenters. The second-order valence-corrected chi connectivity index (χ2v) is 6.99. The monoisotopic (exact) mass is 394 g/mol. The summed E-state index contributed by atoms with van der Waals surface area (Å²) in [6.45, 7) is 4.87. The van der Waals surface area contributed by atoms with E-state index in [9.17, 15) is 4.79 Å². The highest BCUT2D eigenvalue weighted by Gasteiger charge is 2.14. The fraction of sp³-hybridized carbons (Fsp3) is 0.391. The molecule has 0 saturated heterocycles. The molecule has 2 aromatic rings. The Labute approximate surface area is 172 Å². The number of aliphatic imine (C=N–C) groups is 1. The van der Waals surface area contributed by atoms with E-state index < -0.39 is 0 Å². The Kier molecular flexibility index (Phi) is 7.92. The predicted molar refractivity (Wildman–Crippen MR) is 118 cm³/mol. The van der Waals surface area contributed by atoms with Crippen LogP contribution in [0, 0.1) is 0 Å². The van der Waals surface area contributed by atoms with Gasteiger partial charge in [0.15, 0.2) is 5.96 Å². The SMILES string of the molecule is CCNC(=NCCCc1ccccc1)NCCOc1ccc2c(c1)CCC(=O)N2. The van der Waals surface area contributed by atoms with Crippen LogP contribution >= 0.6 is 0 Å². The lowest BCUT2D eigenvalue weighted by Crippen LogP contribution is -2.39. The fourth-order valence-electron chi connectivity index (χ4n) is 3.25. The zero-order valence-electron chi connectivity index (χ0n) is 17.0. The van der Waals surface area contributed by atoms with Crippen LogP contribution in [0.15, 0.2) is 53.5 Å². The summed E-state index contributed by atoms with van der Waals surface area (Å²) in [6.07, 6.45) is 3.34. The van der Waals surface area contributed by atoms with E-state index in [2.05, 4.69) is 52.1 Å². The number of benzene rings is 2. The molecule has 29 heavy (non-hydrogen) atoms. The van der Waals surface area contributed by atoms with Crippen molar-refractivity contribution < 1.29 is 9.53 Å². The van der Waals surface area contributed by atoms with Gasteiger partial charge in [-0.25, -0.2) is 0 Å². The van der Waals surface area contributed by atoms with E-state index in [1.54, 1.807) is 0 Å². The van der Waals surface area contributed by atoms with Gasteiger partial charge in [-0.2, -0.15) is 0 Å². The van der Waals surface area contributed by atoms with Crippen molar-refractivity contribution >= 4 is 17.6 Å². The number of carbonyl (C=O) groups excluding carboxylic acids is 1. The summed E-state index contributed by atoms with van der Waals surface area (Å²) in [4.78, 5) is 16.1. The zero-order valence-corrected chi connectivity index (χ0v) is 17.0. The van der Waals surface area contributed by atoms with E-state index in [0.717, 1.165) is 55.3 Å². The normalized spacial score (nSPS) is 13.4. The highest BCUT2D eigenvalue weighted by molar-refractivity contribution is 5.94. The Morgan fingerprint density at radius 2 is 2.00 bits per heavy atom. The van der Waals surface area contributed by atoms with Gasteiger partial charge >= 0.3 is 0 Å². The summed E-state index contributed by atoms with van der Waals surface area (Å²) in [5, 5.41) is 9.47. The highest BCUT2D eigenvalue weighted by atomic mass is 16.5. The van der Waals surface area contributed by atoms with Crippen molar-refractivity contribution in [1.82, 2.24) is 10.6 Å². The Hall–Kier alpha value is -3.02. The highest BCUT2D eigenvalue weighted by Crippen LogP contribution is 2.26. The van der Waals surface area contributed by atoms with E-state index in [0.29, 0.717) is 19.6 Å². The molecule has 0 saturated carbocycles. The molecule has 1 heterocycles. The summed E-state index contributed by atoms with van der Waals surface area (Å²) in [7, 11) is 0. The topological polar surface area (TPSA) is 74.8 Å². The maximum atomic E-state index is 11.4. The molecule has 2 aromatic carbocycles. The summed E-state index contributed by atoms with van der Waals surface area (Å²) in [5.74, 6) is 1.72. The minimum absolute atomic E-state index is 0.0781. The molecule has 3 N–H and O–H groups in total. The molecule has 6 nitrogen and oxygen atoms in total. The molecule has 154 valence electrons. The maximum Gasteiger partial charge on any atom is 0.224 e. The lowest BCUT2D eigenvalue weighted by molar-refractivity contribution is -0.116. The molecule has 1 aliphatic rings. The van der Waals surface area contributed by atoms with Crippen LogP contribution in [0.3, 0.4) is 0 Å². The predicted octanol–water partition coefficient (Wildman–Crippen LogP) is 3.14. The van der Waals surface area contributed by atoms with Crippen molar-refractivity contribution in [2.24, 2.45) is 4.99 Å². The smallest absolute Gasteiger partial charge is 0.224 e. The van der Waals surface area contributed by atoms with Gasteiger partial charge in [0.1, 0.15) is 12.4 Å². The van der Waals surface area contributed by atoms with Crippen molar-refractivity contribution in [2.75, 3.05) is 31.6 Å². The minimum atomic E-state index is 0.0781. The first-order valence-corrected chi connectivity index (χ1v) is 10.4. The molecule has 0 spiro atoms. The van der Waals surface area contributed by atoms with Crippen LogP contribution < -0.4 is 20.7 Å². The van der Waals surface area contributed by atoms with Gasteiger partial charge in [-0.1, -0.05) is 30.3 Å². The Balaban J connectivity index is 1.39. The first-order valence-electron chi connectivity index (χ1n) is 10.4. The quantitative estimate of drug-likeness (QED) is 0.347. The van der Waals surface area contributed by atoms with Crippen LogP contribution in [0.25, 0.3) is 0 Å². The number of carbonyl (C=O) groups is 1. The third-order valence-corrected chi connectivity index (χ3v) is 4.72. The summed E-state index contributed by atoms with van der Waals surface area (Å²) < 4.78 is 5.85. The lowest BCUT2D eigenvalue weighted by Gasteiger charge is -2.18. The van der Waals surface area contributed by atoms with Gasteiger partial charge in [0.05, 0.1) is 6.54 Å². The molecule has 1 aliphatic heterocycles. The average molecular weight is 395 g/mol. The minimum Gasteiger partial charge on any atom is -0.492 e. The van der Waals surface area contributed by atoms with Crippen LogP contribution in [0.5, 0.6) is 5.75 Å². The molecular formula is C23H30N4O2. The number of guanidine groups is 1. The number of rotatable bonds is 9.